The smallest absolute Gasteiger partial charge is 0.248 e. The van der Waals surface area contributed by atoms with Gasteiger partial charge in [-0.1, -0.05) is 0 Å². The van der Waals surface area contributed by atoms with E-state index in [9.17, 15) is 9.59 Å². The van der Waals surface area contributed by atoms with E-state index < -0.39 is 5.91 Å². The van der Waals surface area contributed by atoms with Crippen LogP contribution in [0.25, 0.3) is 10.9 Å². The number of primary amides is 1. The lowest BCUT2D eigenvalue weighted by molar-refractivity contribution is -0.120. The Balaban J connectivity index is 1.71. The lowest BCUT2D eigenvalue weighted by Crippen LogP contribution is -2.27. The summed E-state index contributed by atoms with van der Waals surface area (Å²) >= 11 is 0. The molecular formula is C22H29N3O3. The van der Waals surface area contributed by atoms with Gasteiger partial charge in [-0.3, -0.25) is 9.59 Å². The largest absolute Gasteiger partial charge is 0.381 e. The number of rotatable bonds is 5. The highest BCUT2D eigenvalue weighted by atomic mass is 16.5. The Labute approximate surface area is 165 Å². The second-order valence-electron chi connectivity index (χ2n) is 8.09. The molecule has 2 aromatic rings. The zero-order chi connectivity index (χ0) is 19.7. The van der Waals surface area contributed by atoms with Gasteiger partial charge in [-0.2, -0.15) is 0 Å². The fraction of sp³-hybridized carbons (Fsp3) is 0.545. The number of hydrogen-bond donors (Lipinski definition) is 3. The molecule has 1 aromatic carbocycles. The van der Waals surface area contributed by atoms with E-state index in [0.29, 0.717) is 23.9 Å². The molecule has 1 atom stereocenters. The fourth-order valence-electron chi connectivity index (χ4n) is 4.92. The predicted molar refractivity (Wildman–Crippen MR) is 108 cm³/mol. The molecule has 1 saturated heterocycles. The summed E-state index contributed by atoms with van der Waals surface area (Å²) in [5, 5.41) is 3.90. The molecule has 4 N–H and O–H groups in total. The molecular weight excluding hydrogens is 354 g/mol. The van der Waals surface area contributed by atoms with Gasteiger partial charge in [-0.25, -0.2) is 0 Å². The van der Waals surface area contributed by atoms with Crippen LogP contribution in [-0.2, 0) is 28.8 Å². The second kappa shape index (κ2) is 7.95. The molecule has 1 aliphatic heterocycles. The third-order valence-corrected chi connectivity index (χ3v) is 6.36. The molecule has 0 spiro atoms. The number of nitrogens with two attached hydrogens (primary N) is 1. The molecule has 0 saturated carbocycles. The van der Waals surface area contributed by atoms with Gasteiger partial charge in [-0.15, -0.1) is 0 Å². The first-order chi connectivity index (χ1) is 13.6. The minimum Gasteiger partial charge on any atom is -0.381 e. The topological polar surface area (TPSA) is 97.2 Å². The molecule has 4 rings (SSSR count). The van der Waals surface area contributed by atoms with Crippen molar-refractivity contribution in [3.05, 3.63) is 34.5 Å². The van der Waals surface area contributed by atoms with Crippen molar-refractivity contribution < 1.29 is 14.3 Å². The lowest BCUT2D eigenvalue weighted by Gasteiger charge is -2.33. The maximum absolute atomic E-state index is 12.2. The number of aryl methyl sites for hydroxylation is 1. The molecule has 0 bridgehead atoms. The summed E-state index contributed by atoms with van der Waals surface area (Å²) in [6, 6.07) is 3.67. The summed E-state index contributed by atoms with van der Waals surface area (Å²) in [5.74, 6) is 0.865. The minimum atomic E-state index is -0.453. The van der Waals surface area contributed by atoms with Crippen LogP contribution in [0.3, 0.4) is 0 Å². The van der Waals surface area contributed by atoms with Crippen LogP contribution in [0, 0.1) is 11.8 Å². The van der Waals surface area contributed by atoms with Crippen LogP contribution in [0.5, 0.6) is 0 Å². The first kappa shape index (κ1) is 19.0. The van der Waals surface area contributed by atoms with Crippen LogP contribution in [0.2, 0.25) is 0 Å². The molecule has 150 valence electrons. The first-order valence-electron chi connectivity index (χ1n) is 10.4. The van der Waals surface area contributed by atoms with Crippen molar-refractivity contribution >= 4 is 22.7 Å². The normalized spacial score (nSPS) is 20.1. The Kier molecular flexibility index (Phi) is 5.40. The summed E-state index contributed by atoms with van der Waals surface area (Å²) in [7, 11) is 0. The molecule has 6 heteroatoms. The van der Waals surface area contributed by atoms with E-state index in [0.717, 1.165) is 55.4 Å². The molecule has 1 aliphatic carbocycles. The monoisotopic (exact) mass is 383 g/mol. The van der Waals surface area contributed by atoms with Crippen LogP contribution in [0.1, 0.15) is 53.4 Å². The average Bonchev–Trinajstić information content (AvgIpc) is 3.07. The number of likely N-dealkylation sites (N-methyl/N-ethyl adjacent to an activating group) is 1. The van der Waals surface area contributed by atoms with Crippen molar-refractivity contribution in [1.82, 2.24) is 10.3 Å². The highest BCUT2D eigenvalue weighted by Crippen LogP contribution is 2.39. The van der Waals surface area contributed by atoms with Crippen LogP contribution in [0.4, 0.5) is 0 Å². The molecule has 2 heterocycles. The van der Waals surface area contributed by atoms with E-state index in [1.54, 1.807) is 6.07 Å². The zero-order valence-corrected chi connectivity index (χ0v) is 16.5. The third-order valence-electron chi connectivity index (χ3n) is 6.36. The Hall–Kier alpha value is -2.34. The van der Waals surface area contributed by atoms with Gasteiger partial charge in [0, 0.05) is 41.9 Å². The molecule has 2 amide bonds. The Morgan fingerprint density at radius 1 is 1.21 bits per heavy atom. The average molecular weight is 383 g/mol. The summed E-state index contributed by atoms with van der Waals surface area (Å²) in [6.45, 7) is 4.22. The Bertz CT molecular complexity index is 896. The van der Waals surface area contributed by atoms with Crippen molar-refractivity contribution in [2.45, 2.75) is 45.4 Å². The summed E-state index contributed by atoms with van der Waals surface area (Å²) < 4.78 is 5.53. The number of carbonyl (C=O) groups excluding carboxylic acids is 2. The van der Waals surface area contributed by atoms with Crippen molar-refractivity contribution in [3.63, 3.8) is 0 Å². The number of hydrogen-bond acceptors (Lipinski definition) is 3. The molecule has 28 heavy (non-hydrogen) atoms. The number of nitrogens with one attached hydrogen (secondary N) is 2. The van der Waals surface area contributed by atoms with Gasteiger partial charge in [0.15, 0.2) is 0 Å². The highest BCUT2D eigenvalue weighted by molar-refractivity contribution is 6.00. The van der Waals surface area contributed by atoms with Gasteiger partial charge in [0.1, 0.15) is 0 Å². The van der Waals surface area contributed by atoms with Crippen LogP contribution < -0.4 is 11.1 Å². The summed E-state index contributed by atoms with van der Waals surface area (Å²) in [6.07, 6.45) is 5.73. The Morgan fingerprint density at radius 2 is 2.00 bits per heavy atom. The number of aromatic amines is 1. The fourth-order valence-corrected chi connectivity index (χ4v) is 4.92. The van der Waals surface area contributed by atoms with Gasteiger partial charge in [0.2, 0.25) is 11.8 Å². The van der Waals surface area contributed by atoms with Gasteiger partial charge in [0.05, 0.1) is 6.42 Å². The van der Waals surface area contributed by atoms with Gasteiger partial charge >= 0.3 is 0 Å². The maximum Gasteiger partial charge on any atom is 0.248 e. The van der Waals surface area contributed by atoms with Crippen LogP contribution in [0.15, 0.2) is 12.1 Å². The predicted octanol–water partition coefficient (Wildman–Crippen LogP) is 2.48. The van der Waals surface area contributed by atoms with Crippen molar-refractivity contribution in [2.24, 2.45) is 17.6 Å². The van der Waals surface area contributed by atoms with E-state index in [4.69, 9.17) is 10.5 Å². The lowest BCUT2D eigenvalue weighted by atomic mass is 9.75. The SMILES string of the molecule is CCNC(=O)Cc1cc(C(N)=O)cc2c3c([nH]c12)CCC(C1CCOCC1)C3. The van der Waals surface area contributed by atoms with Gasteiger partial charge < -0.3 is 20.8 Å². The molecule has 6 nitrogen and oxygen atoms in total. The quantitative estimate of drug-likeness (QED) is 0.740. The number of benzene rings is 1. The third kappa shape index (κ3) is 3.65. The highest BCUT2D eigenvalue weighted by Gasteiger charge is 2.30. The number of amides is 2. The number of aromatic nitrogens is 1. The number of H-pyrrole nitrogens is 1. The van der Waals surface area contributed by atoms with E-state index in [2.05, 4.69) is 10.3 Å². The standard InChI is InChI=1S/C22H29N3O3/c1-2-24-20(26)12-15-9-16(22(23)27)11-18-17-10-14(13-5-7-28-8-6-13)3-4-19(17)25-21(15)18/h9,11,13-14,25H,2-8,10,12H2,1H3,(H2,23,27)(H,24,26). The zero-order valence-electron chi connectivity index (χ0n) is 16.5. The Morgan fingerprint density at radius 3 is 2.71 bits per heavy atom. The van der Waals surface area contributed by atoms with Crippen molar-refractivity contribution in [1.29, 1.82) is 0 Å². The van der Waals surface area contributed by atoms with Crippen molar-refractivity contribution in [3.8, 4) is 0 Å². The maximum atomic E-state index is 12.2. The number of fused-ring (bicyclic) bond motifs is 3. The number of carbonyl (C=O) groups is 2. The van der Waals surface area contributed by atoms with Crippen molar-refractivity contribution in [2.75, 3.05) is 19.8 Å². The van der Waals surface area contributed by atoms with E-state index in [-0.39, 0.29) is 12.3 Å². The van der Waals surface area contributed by atoms with Gasteiger partial charge in [0.25, 0.3) is 0 Å². The molecule has 1 fully saturated rings. The van der Waals surface area contributed by atoms with E-state index in [1.165, 1.54) is 17.7 Å². The number of ether oxygens (including phenoxy) is 1. The van der Waals surface area contributed by atoms with Crippen LogP contribution >= 0.6 is 0 Å². The van der Waals surface area contributed by atoms with E-state index >= 15 is 0 Å². The first-order valence-corrected chi connectivity index (χ1v) is 10.4. The van der Waals surface area contributed by atoms with Crippen LogP contribution in [-0.4, -0.2) is 36.6 Å². The second-order valence-corrected chi connectivity index (χ2v) is 8.09. The molecule has 1 unspecified atom stereocenters. The summed E-state index contributed by atoms with van der Waals surface area (Å²) in [5.41, 5.74) is 10.4. The molecule has 0 radical (unpaired) electrons. The molecule has 1 aromatic heterocycles. The molecule has 2 aliphatic rings. The minimum absolute atomic E-state index is 0.0434. The van der Waals surface area contributed by atoms with Gasteiger partial charge in [-0.05, 0) is 74.1 Å². The van der Waals surface area contributed by atoms with E-state index in [1.807, 2.05) is 13.0 Å². The summed E-state index contributed by atoms with van der Waals surface area (Å²) in [4.78, 5) is 27.7.